The fraction of sp³-hybridized carbons (Fsp3) is 0.939. The van der Waals surface area contributed by atoms with E-state index in [2.05, 4.69) is 41.5 Å². The van der Waals surface area contributed by atoms with Gasteiger partial charge in [-0.25, -0.2) is 0 Å². The van der Waals surface area contributed by atoms with Gasteiger partial charge in [0.1, 0.15) is 0 Å². The molecule has 0 fully saturated rings. The number of ether oxygens (including phenoxy) is 2. The van der Waals surface area contributed by atoms with Gasteiger partial charge in [-0.1, -0.05) is 125 Å². The predicted octanol–water partition coefficient (Wildman–Crippen LogP) is 10.1. The number of carbonyl (C=O) groups excluding carboxylic acids is 2. The third kappa shape index (κ3) is 22.6. The number of hydrogen-bond acceptors (Lipinski definition) is 4. The van der Waals surface area contributed by atoms with E-state index >= 15 is 0 Å². The molecule has 0 aliphatic carbocycles. The fourth-order valence-electron chi connectivity index (χ4n) is 4.99. The second-order valence-electron chi connectivity index (χ2n) is 12.1. The average molecular weight is 525 g/mol. The molecule has 2 atom stereocenters. The molecule has 0 aromatic rings. The molecule has 0 N–H and O–H groups in total. The van der Waals surface area contributed by atoms with Crippen LogP contribution in [-0.2, 0) is 19.1 Å². The Bertz CT molecular complexity index is 528. The molecule has 4 nitrogen and oxygen atoms in total. The van der Waals surface area contributed by atoms with Gasteiger partial charge in [0.05, 0.1) is 19.1 Å². The van der Waals surface area contributed by atoms with Crippen LogP contribution in [0.2, 0.25) is 0 Å². The van der Waals surface area contributed by atoms with Crippen molar-refractivity contribution in [3.8, 4) is 0 Å². The fourth-order valence-corrected chi connectivity index (χ4v) is 4.99. The van der Waals surface area contributed by atoms with Crippen molar-refractivity contribution >= 4 is 11.9 Å². The Morgan fingerprint density at radius 2 is 0.973 bits per heavy atom. The van der Waals surface area contributed by atoms with E-state index in [1.807, 2.05) is 0 Å². The Hall–Kier alpha value is -1.06. The van der Waals surface area contributed by atoms with E-state index < -0.39 is 0 Å². The molecule has 4 heteroatoms. The lowest BCUT2D eigenvalue weighted by Crippen LogP contribution is -2.26. The Balaban J connectivity index is 3.59. The summed E-state index contributed by atoms with van der Waals surface area (Å²) in [5.74, 6) is 1.73. The van der Waals surface area contributed by atoms with Crippen LogP contribution in [0.3, 0.4) is 0 Å². The lowest BCUT2D eigenvalue weighted by molar-refractivity contribution is -0.151. The van der Waals surface area contributed by atoms with Crippen LogP contribution < -0.4 is 0 Å². The smallest absolute Gasteiger partial charge is 0.309 e. The van der Waals surface area contributed by atoms with Crippen LogP contribution in [-0.4, -0.2) is 25.2 Å². The van der Waals surface area contributed by atoms with Gasteiger partial charge >= 0.3 is 11.9 Å². The van der Waals surface area contributed by atoms with Gasteiger partial charge in [-0.05, 0) is 49.9 Å². The zero-order valence-corrected chi connectivity index (χ0v) is 25.8. The van der Waals surface area contributed by atoms with Crippen molar-refractivity contribution in [1.82, 2.24) is 0 Å². The molecule has 0 heterocycles. The van der Waals surface area contributed by atoms with E-state index in [0.717, 1.165) is 44.9 Å². The number of carbonyl (C=O) groups is 2. The summed E-state index contributed by atoms with van der Waals surface area (Å²) in [6.07, 6.45) is 22.2. The van der Waals surface area contributed by atoms with Crippen LogP contribution in [0, 0.1) is 23.7 Å². The molecule has 37 heavy (non-hydrogen) atoms. The molecule has 0 aromatic heterocycles. The van der Waals surface area contributed by atoms with Crippen LogP contribution >= 0.6 is 0 Å². The zero-order valence-electron chi connectivity index (χ0n) is 25.8. The molecule has 2 unspecified atom stereocenters. The summed E-state index contributed by atoms with van der Waals surface area (Å²) < 4.78 is 10.8. The second kappa shape index (κ2) is 25.2. The minimum atomic E-state index is -0.0202. The van der Waals surface area contributed by atoms with E-state index in [0.29, 0.717) is 37.4 Å². The van der Waals surface area contributed by atoms with E-state index in [1.165, 1.54) is 70.6 Å². The molecular formula is C33H64O4. The van der Waals surface area contributed by atoms with Crippen molar-refractivity contribution in [2.45, 2.75) is 164 Å². The molecule has 0 aromatic carbocycles. The summed E-state index contributed by atoms with van der Waals surface area (Å²) >= 11 is 0. The van der Waals surface area contributed by atoms with E-state index in [9.17, 15) is 9.59 Å². The maximum Gasteiger partial charge on any atom is 0.309 e. The maximum absolute atomic E-state index is 12.5. The van der Waals surface area contributed by atoms with Gasteiger partial charge in [-0.3, -0.25) is 9.59 Å². The van der Waals surface area contributed by atoms with Crippen molar-refractivity contribution < 1.29 is 19.1 Å². The minimum absolute atomic E-state index is 0.0202. The molecule has 0 aliphatic rings. The Morgan fingerprint density at radius 3 is 1.41 bits per heavy atom. The summed E-state index contributed by atoms with van der Waals surface area (Å²) in [4.78, 5) is 24.2. The second-order valence-corrected chi connectivity index (χ2v) is 12.1. The lowest BCUT2D eigenvalue weighted by Gasteiger charge is -2.24. The molecular weight excluding hydrogens is 460 g/mol. The molecule has 0 saturated carbocycles. The highest BCUT2D eigenvalue weighted by Gasteiger charge is 2.26. The Kier molecular flexibility index (Phi) is 24.5. The van der Waals surface area contributed by atoms with Crippen LogP contribution in [0.5, 0.6) is 0 Å². The first-order chi connectivity index (χ1) is 17.8. The molecule has 0 rings (SSSR count). The topological polar surface area (TPSA) is 52.6 Å². The van der Waals surface area contributed by atoms with E-state index in [4.69, 9.17) is 9.47 Å². The Labute approximate surface area is 231 Å². The first kappa shape index (κ1) is 35.9. The third-order valence-electron chi connectivity index (χ3n) is 7.69. The lowest BCUT2D eigenvalue weighted by atomic mass is 9.84. The summed E-state index contributed by atoms with van der Waals surface area (Å²) in [5.41, 5.74) is 0. The summed E-state index contributed by atoms with van der Waals surface area (Å²) in [6, 6.07) is 0. The van der Waals surface area contributed by atoms with E-state index in [-0.39, 0.29) is 17.9 Å². The van der Waals surface area contributed by atoms with Gasteiger partial charge in [0.2, 0.25) is 0 Å². The minimum Gasteiger partial charge on any atom is -0.466 e. The Morgan fingerprint density at radius 1 is 0.541 bits per heavy atom. The molecule has 220 valence electrons. The number of esters is 2. The van der Waals surface area contributed by atoms with Crippen molar-refractivity contribution in [2.24, 2.45) is 23.7 Å². The molecule has 0 saturated heterocycles. The highest BCUT2D eigenvalue weighted by Crippen LogP contribution is 2.27. The summed E-state index contributed by atoms with van der Waals surface area (Å²) in [7, 11) is 0. The van der Waals surface area contributed by atoms with Crippen molar-refractivity contribution in [3.63, 3.8) is 0 Å². The van der Waals surface area contributed by atoms with Gasteiger partial charge in [0, 0.05) is 6.42 Å². The van der Waals surface area contributed by atoms with Crippen LogP contribution in [0.25, 0.3) is 0 Å². The molecule has 0 spiro atoms. The number of hydrogen-bond donors (Lipinski definition) is 0. The highest BCUT2D eigenvalue weighted by atomic mass is 16.5. The van der Waals surface area contributed by atoms with Gasteiger partial charge in [0.25, 0.3) is 0 Å². The SMILES string of the molecule is CCC(CCCCCCCCCCCCCCCC(=O)OCCC(C)C)C(CC)C(=O)OCCC(C)C. The normalized spacial score (nSPS) is 13.2. The van der Waals surface area contributed by atoms with Gasteiger partial charge in [-0.15, -0.1) is 0 Å². The number of rotatable bonds is 26. The highest BCUT2D eigenvalue weighted by molar-refractivity contribution is 5.72. The van der Waals surface area contributed by atoms with Gasteiger partial charge < -0.3 is 9.47 Å². The average Bonchev–Trinajstić information content (AvgIpc) is 2.85. The molecule has 0 aliphatic heterocycles. The third-order valence-corrected chi connectivity index (χ3v) is 7.69. The van der Waals surface area contributed by atoms with Crippen molar-refractivity contribution in [3.05, 3.63) is 0 Å². The predicted molar refractivity (Wildman–Crippen MR) is 158 cm³/mol. The van der Waals surface area contributed by atoms with Crippen LogP contribution in [0.15, 0.2) is 0 Å². The first-order valence-electron chi connectivity index (χ1n) is 16.1. The first-order valence-corrected chi connectivity index (χ1v) is 16.1. The van der Waals surface area contributed by atoms with Gasteiger partial charge in [0.15, 0.2) is 0 Å². The largest absolute Gasteiger partial charge is 0.466 e. The van der Waals surface area contributed by atoms with Crippen LogP contribution in [0.1, 0.15) is 164 Å². The maximum atomic E-state index is 12.5. The number of unbranched alkanes of at least 4 members (excludes halogenated alkanes) is 12. The molecule has 0 radical (unpaired) electrons. The zero-order chi connectivity index (χ0) is 27.7. The molecule has 0 bridgehead atoms. The quantitative estimate of drug-likeness (QED) is 0.0834. The summed E-state index contributed by atoms with van der Waals surface area (Å²) in [6.45, 7) is 14.1. The van der Waals surface area contributed by atoms with Crippen LogP contribution in [0.4, 0.5) is 0 Å². The van der Waals surface area contributed by atoms with E-state index in [1.54, 1.807) is 0 Å². The summed E-state index contributed by atoms with van der Waals surface area (Å²) in [5, 5.41) is 0. The standard InChI is InChI=1S/C33H64O4/c1-7-30(31(8-2)33(35)37-27-25-29(5)6)22-20-18-16-14-12-10-9-11-13-15-17-19-21-23-32(34)36-26-24-28(3)4/h28-31H,7-27H2,1-6H3. The van der Waals surface area contributed by atoms with Crippen molar-refractivity contribution in [2.75, 3.05) is 13.2 Å². The van der Waals surface area contributed by atoms with Gasteiger partial charge in [-0.2, -0.15) is 0 Å². The molecule has 0 amide bonds. The monoisotopic (exact) mass is 524 g/mol. The van der Waals surface area contributed by atoms with Crippen molar-refractivity contribution in [1.29, 1.82) is 0 Å².